The first-order valence-corrected chi connectivity index (χ1v) is 6.46. The topological polar surface area (TPSA) is 68.1 Å². The summed E-state index contributed by atoms with van der Waals surface area (Å²) in [6, 6.07) is 2.59. The summed E-state index contributed by atoms with van der Waals surface area (Å²) in [7, 11) is 0. The van der Waals surface area contributed by atoms with Gasteiger partial charge in [0.15, 0.2) is 0 Å². The van der Waals surface area contributed by atoms with Crippen LogP contribution in [0.5, 0.6) is 0 Å². The van der Waals surface area contributed by atoms with E-state index < -0.39 is 4.92 Å². The Morgan fingerprint density at radius 1 is 1.50 bits per heavy atom. The zero-order chi connectivity index (χ0) is 13.1. The van der Waals surface area contributed by atoms with Crippen LogP contribution >= 0.6 is 22.9 Å². The number of anilines is 1. The van der Waals surface area contributed by atoms with E-state index in [2.05, 4.69) is 10.3 Å². The minimum absolute atomic E-state index is 0.0699. The second kappa shape index (κ2) is 5.32. The van der Waals surface area contributed by atoms with Crippen molar-refractivity contribution in [3.8, 4) is 0 Å². The predicted molar refractivity (Wildman–Crippen MR) is 72.3 cm³/mol. The molecule has 0 unspecified atom stereocenters. The number of hydrogen-bond donors (Lipinski definition) is 1. The van der Waals surface area contributed by atoms with E-state index in [1.165, 1.54) is 17.7 Å². The number of pyridine rings is 1. The molecule has 94 valence electrons. The van der Waals surface area contributed by atoms with Gasteiger partial charge in [-0.1, -0.05) is 11.6 Å². The molecule has 0 saturated heterocycles. The fourth-order valence-electron chi connectivity index (χ4n) is 1.43. The van der Waals surface area contributed by atoms with Gasteiger partial charge in [0.25, 0.3) is 5.69 Å². The highest BCUT2D eigenvalue weighted by molar-refractivity contribution is 7.08. The summed E-state index contributed by atoms with van der Waals surface area (Å²) >= 11 is 7.35. The van der Waals surface area contributed by atoms with Crippen LogP contribution in [0.4, 0.5) is 11.5 Å². The fourth-order valence-corrected chi connectivity index (χ4v) is 2.49. The molecule has 18 heavy (non-hydrogen) atoms. The van der Waals surface area contributed by atoms with E-state index in [1.54, 1.807) is 11.3 Å². The zero-order valence-electron chi connectivity index (χ0n) is 9.51. The van der Waals surface area contributed by atoms with Gasteiger partial charge >= 0.3 is 0 Å². The van der Waals surface area contributed by atoms with Crippen LogP contribution < -0.4 is 5.32 Å². The lowest BCUT2D eigenvalue weighted by Crippen LogP contribution is -2.02. The van der Waals surface area contributed by atoms with Crippen molar-refractivity contribution >= 4 is 34.4 Å². The lowest BCUT2D eigenvalue weighted by atomic mass is 10.2. The molecule has 2 aromatic rings. The highest BCUT2D eigenvalue weighted by atomic mass is 35.5. The normalized spacial score (nSPS) is 10.3. The van der Waals surface area contributed by atoms with Crippen molar-refractivity contribution < 1.29 is 4.92 Å². The highest BCUT2D eigenvalue weighted by Gasteiger charge is 2.10. The average molecular weight is 284 g/mol. The second-order valence-corrected chi connectivity index (χ2v) is 4.85. The molecule has 2 rings (SSSR count). The number of rotatable bonds is 4. The third-order valence-electron chi connectivity index (χ3n) is 2.41. The number of halogens is 1. The summed E-state index contributed by atoms with van der Waals surface area (Å²) < 4.78 is 0. The van der Waals surface area contributed by atoms with Gasteiger partial charge in [-0.25, -0.2) is 4.98 Å². The van der Waals surface area contributed by atoms with Crippen LogP contribution in [-0.2, 0) is 6.54 Å². The second-order valence-electron chi connectivity index (χ2n) is 3.72. The molecule has 0 bridgehead atoms. The fraction of sp³-hybridized carbons (Fsp3) is 0.182. The summed E-state index contributed by atoms with van der Waals surface area (Å²) in [4.78, 5) is 14.2. The number of nitrogens with one attached hydrogen (secondary N) is 1. The first-order valence-electron chi connectivity index (χ1n) is 5.14. The van der Waals surface area contributed by atoms with E-state index in [-0.39, 0.29) is 10.8 Å². The maximum atomic E-state index is 10.7. The van der Waals surface area contributed by atoms with Crippen molar-refractivity contribution in [2.75, 3.05) is 5.32 Å². The van der Waals surface area contributed by atoms with Crippen molar-refractivity contribution in [1.82, 2.24) is 4.98 Å². The number of aryl methyl sites for hydroxylation is 1. The molecule has 0 aliphatic heterocycles. The molecule has 5 nitrogen and oxygen atoms in total. The minimum Gasteiger partial charge on any atom is -0.366 e. The molecule has 0 spiro atoms. The summed E-state index contributed by atoms with van der Waals surface area (Å²) in [6.45, 7) is 2.58. The van der Waals surface area contributed by atoms with Gasteiger partial charge in [0.2, 0.25) is 0 Å². The lowest BCUT2D eigenvalue weighted by molar-refractivity contribution is -0.384. The quantitative estimate of drug-likeness (QED) is 0.528. The van der Waals surface area contributed by atoms with Crippen LogP contribution in [0.25, 0.3) is 0 Å². The summed E-state index contributed by atoms with van der Waals surface area (Å²) in [5.74, 6) is 0.403. The van der Waals surface area contributed by atoms with Crippen LogP contribution in [0.2, 0.25) is 5.15 Å². The van der Waals surface area contributed by atoms with E-state index in [0.717, 1.165) is 5.56 Å². The van der Waals surface area contributed by atoms with Crippen molar-refractivity contribution in [2.24, 2.45) is 0 Å². The summed E-state index contributed by atoms with van der Waals surface area (Å²) in [6.07, 6.45) is 0. The van der Waals surface area contributed by atoms with Crippen molar-refractivity contribution in [2.45, 2.75) is 13.5 Å². The number of nitro groups is 1. The molecular formula is C11H10ClN3O2S. The van der Waals surface area contributed by atoms with Crippen LogP contribution in [0.15, 0.2) is 22.9 Å². The van der Waals surface area contributed by atoms with Crippen molar-refractivity contribution in [3.63, 3.8) is 0 Å². The Kier molecular flexibility index (Phi) is 3.78. The average Bonchev–Trinajstić information content (AvgIpc) is 2.71. The van der Waals surface area contributed by atoms with Gasteiger partial charge in [0, 0.05) is 6.54 Å². The number of nitrogens with zero attached hydrogens (tertiary/aromatic N) is 2. The van der Waals surface area contributed by atoms with E-state index >= 15 is 0 Å². The smallest absolute Gasteiger partial charge is 0.276 e. The van der Waals surface area contributed by atoms with Gasteiger partial charge in [0.05, 0.1) is 17.1 Å². The minimum atomic E-state index is -0.491. The third kappa shape index (κ3) is 2.96. The first-order chi connectivity index (χ1) is 8.56. The Morgan fingerprint density at radius 3 is 2.89 bits per heavy atom. The molecule has 0 aliphatic rings. The van der Waals surface area contributed by atoms with Gasteiger partial charge in [-0.3, -0.25) is 10.1 Å². The summed E-state index contributed by atoms with van der Waals surface area (Å²) in [5, 5.41) is 17.9. The van der Waals surface area contributed by atoms with E-state index in [4.69, 9.17) is 11.6 Å². The SMILES string of the molecule is Cc1cscc1CNc1cc([N+](=O)[O-])cc(Cl)n1. The van der Waals surface area contributed by atoms with Gasteiger partial charge in [-0.15, -0.1) is 0 Å². The van der Waals surface area contributed by atoms with Gasteiger partial charge in [0.1, 0.15) is 11.0 Å². The van der Waals surface area contributed by atoms with Gasteiger partial charge in [-0.05, 0) is 28.8 Å². The largest absolute Gasteiger partial charge is 0.366 e. The molecule has 0 radical (unpaired) electrons. The Morgan fingerprint density at radius 2 is 2.28 bits per heavy atom. The predicted octanol–water partition coefficient (Wildman–Crippen LogP) is 3.63. The monoisotopic (exact) mass is 283 g/mol. The van der Waals surface area contributed by atoms with Crippen LogP contribution in [-0.4, -0.2) is 9.91 Å². The Hall–Kier alpha value is -1.66. The van der Waals surface area contributed by atoms with Crippen LogP contribution in [0, 0.1) is 17.0 Å². The molecule has 0 aromatic carbocycles. The molecule has 2 heterocycles. The molecule has 7 heteroatoms. The Bertz CT molecular complexity index is 585. The Balaban J connectivity index is 2.14. The van der Waals surface area contributed by atoms with Gasteiger partial charge < -0.3 is 5.32 Å². The number of aromatic nitrogens is 1. The van der Waals surface area contributed by atoms with Crippen molar-refractivity contribution in [1.29, 1.82) is 0 Å². The molecule has 0 fully saturated rings. The molecule has 1 N–H and O–H groups in total. The maximum Gasteiger partial charge on any atom is 0.276 e. The molecular weight excluding hydrogens is 274 g/mol. The summed E-state index contributed by atoms with van der Waals surface area (Å²) in [5.41, 5.74) is 2.26. The lowest BCUT2D eigenvalue weighted by Gasteiger charge is -2.05. The molecule has 2 aromatic heterocycles. The third-order valence-corrected chi connectivity index (χ3v) is 3.52. The zero-order valence-corrected chi connectivity index (χ0v) is 11.1. The van der Waals surface area contributed by atoms with Crippen LogP contribution in [0.1, 0.15) is 11.1 Å². The number of thiophene rings is 1. The number of hydrogen-bond acceptors (Lipinski definition) is 5. The van der Waals surface area contributed by atoms with Crippen LogP contribution in [0.3, 0.4) is 0 Å². The molecule has 0 aliphatic carbocycles. The van der Waals surface area contributed by atoms with E-state index in [1.807, 2.05) is 17.7 Å². The van der Waals surface area contributed by atoms with E-state index in [9.17, 15) is 10.1 Å². The van der Waals surface area contributed by atoms with Gasteiger partial charge in [-0.2, -0.15) is 11.3 Å². The first kappa shape index (κ1) is 12.8. The standard InChI is InChI=1S/C11H10ClN3O2S/c1-7-5-18-6-8(7)4-13-11-3-9(15(16)17)2-10(12)14-11/h2-3,5-6H,4H2,1H3,(H,13,14). The van der Waals surface area contributed by atoms with E-state index in [0.29, 0.717) is 12.4 Å². The highest BCUT2D eigenvalue weighted by Crippen LogP contribution is 2.21. The molecule has 0 saturated carbocycles. The molecule has 0 atom stereocenters. The van der Waals surface area contributed by atoms with Crippen molar-refractivity contribution in [3.05, 3.63) is 49.3 Å². The maximum absolute atomic E-state index is 10.7. The Labute approximate surface area is 113 Å². The molecule has 0 amide bonds.